The largest absolute Gasteiger partial charge is 0.495 e. The molecule has 98 valence electrons. The first-order valence-electron chi connectivity index (χ1n) is 5.96. The molecule has 1 saturated heterocycles. The lowest BCUT2D eigenvalue weighted by atomic mass is 9.79. The van der Waals surface area contributed by atoms with Crippen molar-refractivity contribution >= 4 is 24.2 Å². The zero-order chi connectivity index (χ0) is 13.6. The summed E-state index contributed by atoms with van der Waals surface area (Å²) in [6.45, 7) is 8.11. The van der Waals surface area contributed by atoms with E-state index in [0.29, 0.717) is 10.8 Å². The highest BCUT2D eigenvalue weighted by molar-refractivity contribution is 6.62. The Morgan fingerprint density at radius 2 is 1.67 bits per heavy atom. The fraction of sp³-hybridized carbons (Fsp3) is 0.538. The van der Waals surface area contributed by atoms with Crippen LogP contribution in [0.2, 0.25) is 5.02 Å². The van der Waals surface area contributed by atoms with Crippen LogP contribution in [0, 0.1) is 0 Å². The first-order valence-corrected chi connectivity index (χ1v) is 6.34. The topological polar surface area (TPSA) is 27.7 Å². The van der Waals surface area contributed by atoms with Crippen LogP contribution in [0.1, 0.15) is 27.7 Å². The van der Waals surface area contributed by atoms with Crippen molar-refractivity contribution in [3.63, 3.8) is 0 Å². The average molecular weight is 269 g/mol. The van der Waals surface area contributed by atoms with E-state index in [1.165, 1.54) is 0 Å². The highest BCUT2D eigenvalue weighted by Gasteiger charge is 2.51. The number of ether oxygens (including phenoxy) is 1. The summed E-state index contributed by atoms with van der Waals surface area (Å²) < 4.78 is 17.1. The molecule has 1 aliphatic rings. The van der Waals surface area contributed by atoms with Gasteiger partial charge < -0.3 is 14.0 Å². The second-order valence-corrected chi connectivity index (χ2v) is 5.89. The van der Waals surface area contributed by atoms with Crippen LogP contribution in [-0.4, -0.2) is 25.4 Å². The lowest BCUT2D eigenvalue weighted by molar-refractivity contribution is 0.00578. The van der Waals surface area contributed by atoms with Gasteiger partial charge in [0.25, 0.3) is 0 Å². The Bertz CT molecular complexity index is 444. The summed E-state index contributed by atoms with van der Waals surface area (Å²) >= 11 is 6.01. The molecule has 0 N–H and O–H groups in total. The van der Waals surface area contributed by atoms with Crippen molar-refractivity contribution < 1.29 is 14.0 Å². The number of hydrogen-bond donors (Lipinski definition) is 0. The van der Waals surface area contributed by atoms with E-state index >= 15 is 0 Å². The van der Waals surface area contributed by atoms with Crippen molar-refractivity contribution in [2.24, 2.45) is 0 Å². The monoisotopic (exact) mass is 268 g/mol. The molecule has 0 amide bonds. The Morgan fingerprint density at radius 3 is 2.17 bits per heavy atom. The molecule has 2 rings (SSSR count). The van der Waals surface area contributed by atoms with E-state index in [4.69, 9.17) is 25.6 Å². The zero-order valence-corrected chi connectivity index (χ0v) is 12.2. The molecule has 0 aliphatic carbocycles. The molecule has 5 heteroatoms. The third-order valence-electron chi connectivity index (χ3n) is 3.70. The molecule has 0 bridgehead atoms. The van der Waals surface area contributed by atoms with Crippen molar-refractivity contribution in [1.29, 1.82) is 0 Å². The third kappa shape index (κ3) is 2.25. The number of hydrogen-bond acceptors (Lipinski definition) is 3. The van der Waals surface area contributed by atoms with Crippen LogP contribution in [-0.2, 0) is 9.31 Å². The van der Waals surface area contributed by atoms with Gasteiger partial charge in [-0.1, -0.05) is 17.7 Å². The molecular formula is C13H18BClO3. The number of methoxy groups -OCH3 is 1. The third-order valence-corrected chi connectivity index (χ3v) is 4.01. The highest BCUT2D eigenvalue weighted by atomic mass is 35.5. The molecule has 1 heterocycles. The normalized spacial score (nSPS) is 21.1. The fourth-order valence-electron chi connectivity index (χ4n) is 1.80. The van der Waals surface area contributed by atoms with E-state index in [1.54, 1.807) is 13.2 Å². The van der Waals surface area contributed by atoms with Gasteiger partial charge in [0.05, 0.1) is 23.3 Å². The van der Waals surface area contributed by atoms with Gasteiger partial charge in [-0.15, -0.1) is 0 Å². The maximum Gasteiger partial charge on any atom is 0.494 e. The van der Waals surface area contributed by atoms with Gasteiger partial charge in [0, 0.05) is 0 Å². The Balaban J connectivity index is 2.30. The molecule has 0 unspecified atom stereocenters. The van der Waals surface area contributed by atoms with Crippen molar-refractivity contribution in [3.8, 4) is 5.75 Å². The second-order valence-electron chi connectivity index (χ2n) is 5.48. The van der Waals surface area contributed by atoms with Gasteiger partial charge in [0.2, 0.25) is 0 Å². The molecule has 0 saturated carbocycles. The van der Waals surface area contributed by atoms with Gasteiger partial charge in [-0.05, 0) is 45.3 Å². The summed E-state index contributed by atoms with van der Waals surface area (Å²) in [5.41, 5.74) is 0.227. The van der Waals surface area contributed by atoms with E-state index in [-0.39, 0.29) is 18.3 Å². The Labute approximate surface area is 114 Å². The molecule has 18 heavy (non-hydrogen) atoms. The van der Waals surface area contributed by atoms with E-state index in [9.17, 15) is 0 Å². The van der Waals surface area contributed by atoms with Crippen LogP contribution in [0.3, 0.4) is 0 Å². The fourth-order valence-corrected chi connectivity index (χ4v) is 2.00. The minimum atomic E-state index is -0.388. The second kappa shape index (κ2) is 4.44. The van der Waals surface area contributed by atoms with Gasteiger partial charge in [-0.25, -0.2) is 0 Å². The van der Waals surface area contributed by atoms with E-state index in [0.717, 1.165) is 5.46 Å². The minimum absolute atomic E-state index is 0.343. The van der Waals surface area contributed by atoms with Gasteiger partial charge >= 0.3 is 7.12 Å². The van der Waals surface area contributed by atoms with Crippen LogP contribution in [0.15, 0.2) is 18.2 Å². The van der Waals surface area contributed by atoms with Gasteiger partial charge in [-0.3, -0.25) is 0 Å². The summed E-state index contributed by atoms with van der Waals surface area (Å²) in [4.78, 5) is 0. The van der Waals surface area contributed by atoms with Gasteiger partial charge in [0.1, 0.15) is 5.75 Å². The highest BCUT2D eigenvalue weighted by Crippen LogP contribution is 2.36. The van der Waals surface area contributed by atoms with Crippen LogP contribution >= 0.6 is 11.6 Å². The summed E-state index contributed by atoms with van der Waals surface area (Å²) in [7, 11) is 1.20. The summed E-state index contributed by atoms with van der Waals surface area (Å²) in [6.07, 6.45) is 0. The van der Waals surface area contributed by atoms with Gasteiger partial charge in [-0.2, -0.15) is 0 Å². The molecular weight excluding hydrogens is 250 g/mol. The first-order chi connectivity index (χ1) is 8.27. The summed E-state index contributed by atoms with van der Waals surface area (Å²) in [6, 6.07) is 5.54. The number of rotatable bonds is 2. The van der Waals surface area contributed by atoms with Crippen LogP contribution in [0.4, 0.5) is 0 Å². The Kier molecular flexibility index (Phi) is 3.39. The van der Waals surface area contributed by atoms with Crippen molar-refractivity contribution in [2.75, 3.05) is 7.11 Å². The Morgan fingerprint density at radius 1 is 1.11 bits per heavy atom. The lowest BCUT2D eigenvalue weighted by Crippen LogP contribution is -2.41. The predicted molar refractivity (Wildman–Crippen MR) is 73.7 cm³/mol. The number of halogens is 1. The smallest absolute Gasteiger partial charge is 0.494 e. The maximum absolute atomic E-state index is 6.01. The standard InChI is InChI=1S/C13H18BClO3/c1-12(2)13(3,4)18-14(17-12)9-6-7-10(15)11(8-9)16-5/h6-8H,1-5H3. The quantitative estimate of drug-likeness (QED) is 0.772. The molecule has 1 aromatic rings. The molecule has 1 fully saturated rings. The van der Waals surface area contributed by atoms with Crippen LogP contribution < -0.4 is 10.2 Å². The molecule has 0 atom stereocenters. The van der Waals surface area contributed by atoms with Crippen molar-refractivity contribution in [1.82, 2.24) is 0 Å². The zero-order valence-electron chi connectivity index (χ0n) is 11.4. The molecule has 1 aromatic carbocycles. The van der Waals surface area contributed by atoms with Crippen LogP contribution in [0.25, 0.3) is 0 Å². The number of benzene rings is 1. The first kappa shape index (κ1) is 13.7. The summed E-state index contributed by atoms with van der Waals surface area (Å²) in [5, 5.41) is 0.581. The molecule has 1 aliphatic heterocycles. The van der Waals surface area contributed by atoms with E-state index < -0.39 is 0 Å². The Hall–Kier alpha value is -0.705. The molecule has 0 aromatic heterocycles. The van der Waals surface area contributed by atoms with Gasteiger partial charge in [0.15, 0.2) is 0 Å². The average Bonchev–Trinajstić information content (AvgIpc) is 2.49. The van der Waals surface area contributed by atoms with E-state index in [2.05, 4.69) is 0 Å². The van der Waals surface area contributed by atoms with Crippen molar-refractivity contribution in [2.45, 2.75) is 38.9 Å². The lowest BCUT2D eigenvalue weighted by Gasteiger charge is -2.32. The molecule has 3 nitrogen and oxygen atoms in total. The SMILES string of the molecule is COc1cc(B2OC(C)(C)C(C)(C)O2)ccc1Cl. The predicted octanol–water partition coefficient (Wildman–Crippen LogP) is 2.65. The summed E-state index contributed by atoms with van der Waals surface area (Å²) in [5.74, 6) is 0.629. The van der Waals surface area contributed by atoms with E-state index in [1.807, 2.05) is 39.8 Å². The minimum Gasteiger partial charge on any atom is -0.495 e. The molecule has 0 radical (unpaired) electrons. The van der Waals surface area contributed by atoms with Crippen molar-refractivity contribution in [3.05, 3.63) is 23.2 Å². The maximum atomic E-state index is 6.01. The van der Waals surface area contributed by atoms with Crippen LogP contribution in [0.5, 0.6) is 5.75 Å². The molecule has 0 spiro atoms.